The van der Waals surface area contributed by atoms with Gasteiger partial charge in [-0.2, -0.15) is 0 Å². The zero-order valence-corrected chi connectivity index (χ0v) is 14.6. The fourth-order valence-corrected chi connectivity index (χ4v) is 2.96. The van der Waals surface area contributed by atoms with Gasteiger partial charge in [0.15, 0.2) is 5.78 Å². The van der Waals surface area contributed by atoms with Crippen LogP contribution in [0.15, 0.2) is 48.5 Å². The maximum atomic E-state index is 12.4. The fraction of sp³-hybridized carbons (Fsp3) is 0.409. The molecule has 0 unspecified atom stereocenters. The first-order chi connectivity index (χ1) is 11.7. The van der Waals surface area contributed by atoms with E-state index in [0.717, 1.165) is 18.4 Å². The summed E-state index contributed by atoms with van der Waals surface area (Å²) in [6.45, 7) is 2.23. The predicted molar refractivity (Wildman–Crippen MR) is 99.7 cm³/mol. The molecule has 0 saturated heterocycles. The number of phenols is 1. The molecule has 2 nitrogen and oxygen atoms in total. The molecule has 2 rings (SSSR count). The van der Waals surface area contributed by atoms with E-state index >= 15 is 0 Å². The van der Waals surface area contributed by atoms with Crippen molar-refractivity contribution in [2.24, 2.45) is 0 Å². The molecule has 0 bridgehead atoms. The van der Waals surface area contributed by atoms with Crippen LogP contribution in [0.5, 0.6) is 5.75 Å². The van der Waals surface area contributed by atoms with Crippen molar-refractivity contribution < 1.29 is 9.90 Å². The number of hydrogen-bond acceptors (Lipinski definition) is 2. The van der Waals surface area contributed by atoms with Crippen LogP contribution in [0, 0.1) is 0 Å². The van der Waals surface area contributed by atoms with Gasteiger partial charge in [-0.1, -0.05) is 81.8 Å². The minimum Gasteiger partial charge on any atom is -0.507 e. The quantitative estimate of drug-likeness (QED) is 0.435. The molecule has 2 heteroatoms. The lowest BCUT2D eigenvalue weighted by Crippen LogP contribution is -2.02. The Bertz CT molecular complexity index is 632. The van der Waals surface area contributed by atoms with E-state index in [4.69, 9.17) is 0 Å². The molecule has 0 atom stereocenters. The van der Waals surface area contributed by atoms with Gasteiger partial charge in [0.1, 0.15) is 5.75 Å². The molecule has 0 amide bonds. The molecule has 0 aliphatic heterocycles. The smallest absolute Gasteiger partial charge is 0.196 e. The summed E-state index contributed by atoms with van der Waals surface area (Å²) in [7, 11) is 0. The second-order valence-corrected chi connectivity index (χ2v) is 6.42. The van der Waals surface area contributed by atoms with Gasteiger partial charge >= 0.3 is 0 Å². The number of phenolic OH excluding ortho intramolecular Hbond substituents is 1. The molecule has 2 aromatic rings. The number of aromatic hydroxyl groups is 1. The van der Waals surface area contributed by atoms with Crippen LogP contribution in [0.1, 0.15) is 73.4 Å². The van der Waals surface area contributed by atoms with Crippen LogP contribution in [-0.4, -0.2) is 10.9 Å². The monoisotopic (exact) mass is 324 g/mol. The Kier molecular flexibility index (Phi) is 7.54. The lowest BCUT2D eigenvalue weighted by atomic mass is 9.98. The zero-order valence-electron chi connectivity index (χ0n) is 14.6. The van der Waals surface area contributed by atoms with Crippen molar-refractivity contribution in [3.8, 4) is 5.75 Å². The van der Waals surface area contributed by atoms with Crippen LogP contribution in [0.4, 0.5) is 0 Å². The predicted octanol–water partition coefficient (Wildman–Crippen LogP) is 5.92. The molecule has 0 aliphatic carbocycles. The molecule has 0 saturated carbocycles. The van der Waals surface area contributed by atoms with E-state index in [-0.39, 0.29) is 11.5 Å². The van der Waals surface area contributed by atoms with E-state index in [1.165, 1.54) is 38.5 Å². The summed E-state index contributed by atoms with van der Waals surface area (Å²) < 4.78 is 0. The van der Waals surface area contributed by atoms with Crippen molar-refractivity contribution in [1.82, 2.24) is 0 Å². The zero-order chi connectivity index (χ0) is 17.2. The number of rotatable bonds is 10. The van der Waals surface area contributed by atoms with Crippen molar-refractivity contribution >= 4 is 5.78 Å². The van der Waals surface area contributed by atoms with Gasteiger partial charge in [0.2, 0.25) is 0 Å². The minimum absolute atomic E-state index is 0.0873. The average Bonchev–Trinajstić information content (AvgIpc) is 2.61. The van der Waals surface area contributed by atoms with E-state index < -0.39 is 0 Å². The van der Waals surface area contributed by atoms with Crippen LogP contribution < -0.4 is 0 Å². The largest absolute Gasteiger partial charge is 0.507 e. The number of unbranched alkanes of at least 4 members (excludes halogenated alkanes) is 6. The average molecular weight is 324 g/mol. The third-order valence-electron chi connectivity index (χ3n) is 4.41. The van der Waals surface area contributed by atoms with Crippen molar-refractivity contribution in [3.63, 3.8) is 0 Å². The Labute approximate surface area is 145 Å². The summed E-state index contributed by atoms with van der Waals surface area (Å²) in [5.41, 5.74) is 2.09. The third-order valence-corrected chi connectivity index (χ3v) is 4.41. The Hall–Kier alpha value is -2.09. The van der Waals surface area contributed by atoms with Crippen molar-refractivity contribution in [2.75, 3.05) is 0 Å². The molecular formula is C22H28O2. The summed E-state index contributed by atoms with van der Waals surface area (Å²) in [6.07, 6.45) is 9.90. The van der Waals surface area contributed by atoms with Crippen LogP contribution >= 0.6 is 0 Å². The van der Waals surface area contributed by atoms with Crippen LogP contribution in [-0.2, 0) is 6.42 Å². The summed E-state index contributed by atoms with van der Waals surface area (Å²) in [6, 6.07) is 14.5. The van der Waals surface area contributed by atoms with Crippen molar-refractivity contribution in [1.29, 1.82) is 0 Å². The topological polar surface area (TPSA) is 37.3 Å². The molecule has 0 radical (unpaired) electrons. The van der Waals surface area contributed by atoms with Gasteiger partial charge in [0.25, 0.3) is 0 Å². The normalized spacial score (nSPS) is 10.7. The number of carbonyl (C=O) groups is 1. The fourth-order valence-electron chi connectivity index (χ4n) is 2.96. The van der Waals surface area contributed by atoms with E-state index in [0.29, 0.717) is 11.1 Å². The summed E-state index contributed by atoms with van der Waals surface area (Å²) in [5.74, 6) is -0.0418. The van der Waals surface area contributed by atoms with Gasteiger partial charge in [-0.25, -0.2) is 0 Å². The van der Waals surface area contributed by atoms with Crippen LogP contribution in [0.2, 0.25) is 0 Å². The summed E-state index contributed by atoms with van der Waals surface area (Å²) in [5, 5.41) is 10.2. The maximum absolute atomic E-state index is 12.4. The third kappa shape index (κ3) is 5.52. The maximum Gasteiger partial charge on any atom is 0.196 e. The van der Waals surface area contributed by atoms with Gasteiger partial charge < -0.3 is 5.11 Å². The Morgan fingerprint density at radius 3 is 2.21 bits per heavy atom. The van der Waals surface area contributed by atoms with Crippen molar-refractivity contribution in [2.45, 2.75) is 58.3 Å². The van der Waals surface area contributed by atoms with Gasteiger partial charge in [0.05, 0.1) is 5.56 Å². The molecule has 128 valence electrons. The van der Waals surface area contributed by atoms with E-state index in [1.54, 1.807) is 24.3 Å². The van der Waals surface area contributed by atoms with E-state index in [2.05, 4.69) is 6.92 Å². The highest BCUT2D eigenvalue weighted by molar-refractivity contribution is 6.10. The van der Waals surface area contributed by atoms with Crippen LogP contribution in [0.25, 0.3) is 0 Å². The molecule has 0 fully saturated rings. The highest BCUT2D eigenvalue weighted by atomic mass is 16.3. The number of carbonyl (C=O) groups excluding carboxylic acids is 1. The first kappa shape index (κ1) is 18.3. The van der Waals surface area contributed by atoms with Gasteiger partial charge in [-0.3, -0.25) is 4.79 Å². The second kappa shape index (κ2) is 9.92. The molecule has 24 heavy (non-hydrogen) atoms. The number of aryl methyl sites for hydroxylation is 1. The molecule has 1 N–H and O–H groups in total. The molecule has 0 aliphatic rings. The second-order valence-electron chi connectivity index (χ2n) is 6.42. The molecule has 0 aromatic heterocycles. The highest BCUT2D eigenvalue weighted by Gasteiger charge is 2.13. The van der Waals surface area contributed by atoms with Crippen molar-refractivity contribution in [3.05, 3.63) is 65.2 Å². The Balaban J connectivity index is 1.85. The molecule has 0 heterocycles. The number of hydrogen-bond donors (Lipinski definition) is 1. The summed E-state index contributed by atoms with van der Waals surface area (Å²) >= 11 is 0. The molecule has 0 spiro atoms. The highest BCUT2D eigenvalue weighted by Crippen LogP contribution is 2.23. The SMILES string of the molecule is CCCCCCCCCc1ccc(C(=O)c2ccccc2)c(O)c1. The first-order valence-electron chi connectivity index (χ1n) is 9.14. The minimum atomic E-state index is -0.129. The van der Waals surface area contributed by atoms with Crippen LogP contribution in [0.3, 0.4) is 0 Å². The molecule has 2 aromatic carbocycles. The molecular weight excluding hydrogens is 296 g/mol. The van der Waals surface area contributed by atoms with E-state index in [9.17, 15) is 9.90 Å². The van der Waals surface area contributed by atoms with Gasteiger partial charge in [-0.15, -0.1) is 0 Å². The number of ketones is 1. The lowest BCUT2D eigenvalue weighted by molar-refractivity contribution is 0.103. The Morgan fingerprint density at radius 1 is 0.875 bits per heavy atom. The first-order valence-corrected chi connectivity index (χ1v) is 9.14. The van der Waals surface area contributed by atoms with Gasteiger partial charge in [-0.05, 0) is 30.5 Å². The standard InChI is InChI=1S/C22H28O2/c1-2-3-4-5-6-7-9-12-18-15-16-20(21(23)17-18)22(24)19-13-10-8-11-14-19/h8,10-11,13-17,23H,2-7,9,12H2,1H3. The lowest BCUT2D eigenvalue weighted by Gasteiger charge is -2.07. The number of benzene rings is 2. The summed E-state index contributed by atoms with van der Waals surface area (Å²) in [4.78, 5) is 12.4. The van der Waals surface area contributed by atoms with E-state index in [1.807, 2.05) is 24.3 Å². The van der Waals surface area contributed by atoms with Gasteiger partial charge in [0, 0.05) is 5.56 Å². The Morgan fingerprint density at radius 2 is 1.54 bits per heavy atom.